The van der Waals surface area contributed by atoms with Crippen LogP contribution < -0.4 is 4.90 Å². The number of hydrogen-bond donors (Lipinski definition) is 0. The molecule has 0 spiro atoms. The number of nitrogens with zero attached hydrogens (tertiary/aromatic N) is 2. The van der Waals surface area contributed by atoms with Gasteiger partial charge in [-0.15, -0.1) is 0 Å². The Bertz CT molecular complexity index is 3450. The molecule has 3 heterocycles. The molecule has 0 saturated carbocycles. The third-order valence-corrected chi connectivity index (χ3v) is 11.6. The molecule has 0 bridgehead atoms. The minimum absolute atomic E-state index is 0.860. The van der Waals surface area contributed by atoms with E-state index in [0.717, 1.165) is 88.9 Å². The molecule has 0 aliphatic carbocycles. The number of rotatable bonds is 6. The number of para-hydroxylation sites is 4. The van der Waals surface area contributed by atoms with Crippen LogP contribution in [0.3, 0.4) is 0 Å². The highest BCUT2D eigenvalue weighted by atomic mass is 16.3. The van der Waals surface area contributed by atoms with E-state index in [1.54, 1.807) is 0 Å². The molecule has 12 aromatic rings. The first-order valence-corrected chi connectivity index (χ1v) is 19.7. The van der Waals surface area contributed by atoms with Crippen molar-refractivity contribution in [2.75, 3.05) is 4.90 Å². The van der Waals surface area contributed by atoms with Crippen molar-refractivity contribution in [2.24, 2.45) is 0 Å². The molecule has 0 saturated heterocycles. The lowest BCUT2D eigenvalue weighted by molar-refractivity contribution is 0.669. The normalized spacial score (nSPS) is 11.8. The van der Waals surface area contributed by atoms with Crippen LogP contribution in [0.2, 0.25) is 0 Å². The van der Waals surface area contributed by atoms with Crippen molar-refractivity contribution in [1.82, 2.24) is 4.57 Å². The largest absolute Gasteiger partial charge is 0.456 e. The molecule has 272 valence electrons. The number of benzene rings is 9. The van der Waals surface area contributed by atoms with E-state index in [0.29, 0.717) is 0 Å². The lowest BCUT2D eigenvalue weighted by Crippen LogP contribution is -2.10. The van der Waals surface area contributed by atoms with Crippen LogP contribution in [-0.4, -0.2) is 4.57 Å². The van der Waals surface area contributed by atoms with E-state index in [1.165, 1.54) is 21.8 Å². The van der Waals surface area contributed by atoms with Gasteiger partial charge in [0.1, 0.15) is 22.3 Å². The molecule has 12 rings (SSSR count). The molecule has 0 N–H and O–H groups in total. The quantitative estimate of drug-likeness (QED) is 0.170. The number of fused-ring (bicyclic) bond motifs is 9. The predicted molar refractivity (Wildman–Crippen MR) is 241 cm³/mol. The molecule has 4 heteroatoms. The molecule has 0 aliphatic rings. The Morgan fingerprint density at radius 2 is 0.914 bits per heavy atom. The summed E-state index contributed by atoms with van der Waals surface area (Å²) in [6.07, 6.45) is 0. The van der Waals surface area contributed by atoms with Crippen molar-refractivity contribution in [3.05, 3.63) is 206 Å². The highest BCUT2D eigenvalue weighted by molar-refractivity contribution is 6.11. The van der Waals surface area contributed by atoms with Gasteiger partial charge in [-0.3, -0.25) is 0 Å². The summed E-state index contributed by atoms with van der Waals surface area (Å²) in [4.78, 5) is 2.31. The molecule has 0 aliphatic heterocycles. The maximum absolute atomic E-state index is 6.49. The maximum atomic E-state index is 6.49. The summed E-state index contributed by atoms with van der Waals surface area (Å²) in [6, 6.07) is 73.2. The fourth-order valence-electron chi connectivity index (χ4n) is 8.88. The number of aromatic nitrogens is 1. The highest BCUT2D eigenvalue weighted by Gasteiger charge is 2.18. The summed E-state index contributed by atoms with van der Waals surface area (Å²) in [6.45, 7) is 0. The Kier molecular flexibility index (Phi) is 7.20. The second kappa shape index (κ2) is 12.9. The third kappa shape index (κ3) is 5.09. The predicted octanol–water partition coefficient (Wildman–Crippen LogP) is 15.4. The highest BCUT2D eigenvalue weighted by Crippen LogP contribution is 2.42. The smallest absolute Gasteiger partial charge is 0.143 e. The van der Waals surface area contributed by atoms with Crippen LogP contribution in [0.1, 0.15) is 0 Å². The molecular weight excluding hydrogens is 709 g/mol. The molecule has 3 aromatic heterocycles. The van der Waals surface area contributed by atoms with Crippen molar-refractivity contribution in [3.8, 4) is 27.9 Å². The lowest BCUT2D eigenvalue weighted by atomic mass is 10.00. The second-order valence-electron chi connectivity index (χ2n) is 14.9. The van der Waals surface area contributed by atoms with E-state index in [1.807, 2.05) is 18.2 Å². The van der Waals surface area contributed by atoms with Gasteiger partial charge in [0, 0.05) is 66.7 Å². The van der Waals surface area contributed by atoms with Crippen LogP contribution in [0, 0.1) is 0 Å². The van der Waals surface area contributed by atoms with Crippen LogP contribution in [0.5, 0.6) is 0 Å². The third-order valence-electron chi connectivity index (χ3n) is 11.6. The zero-order valence-corrected chi connectivity index (χ0v) is 31.3. The van der Waals surface area contributed by atoms with Crippen molar-refractivity contribution in [3.63, 3.8) is 0 Å². The fourth-order valence-corrected chi connectivity index (χ4v) is 8.88. The number of anilines is 3. The summed E-state index contributed by atoms with van der Waals surface area (Å²) in [7, 11) is 0. The topological polar surface area (TPSA) is 34.5 Å². The van der Waals surface area contributed by atoms with E-state index in [-0.39, 0.29) is 0 Å². The monoisotopic (exact) mass is 742 g/mol. The number of hydrogen-bond acceptors (Lipinski definition) is 3. The van der Waals surface area contributed by atoms with Gasteiger partial charge in [-0.2, -0.15) is 0 Å². The summed E-state index contributed by atoms with van der Waals surface area (Å²) < 4.78 is 15.2. The van der Waals surface area contributed by atoms with Crippen molar-refractivity contribution in [2.45, 2.75) is 0 Å². The molecule has 58 heavy (non-hydrogen) atoms. The van der Waals surface area contributed by atoms with Gasteiger partial charge in [0.2, 0.25) is 0 Å². The van der Waals surface area contributed by atoms with Crippen LogP contribution >= 0.6 is 0 Å². The molecular formula is C54H34N2O2. The van der Waals surface area contributed by atoms with Gasteiger partial charge in [0.05, 0.1) is 11.0 Å². The SMILES string of the molecule is c1ccc(-c2cccc3c2oc2ccc(-c4ccc(N(c5ccc(-n6c7ccccc7c7ccccc76)cc5)c5ccc6c(c5)oc5ccccc56)cc4)cc23)cc1. The minimum atomic E-state index is 0.860. The first kappa shape index (κ1) is 32.4. The van der Waals surface area contributed by atoms with Gasteiger partial charge in [0.25, 0.3) is 0 Å². The van der Waals surface area contributed by atoms with E-state index in [2.05, 4.69) is 198 Å². The van der Waals surface area contributed by atoms with Gasteiger partial charge in [-0.1, -0.05) is 121 Å². The molecule has 0 fully saturated rings. The van der Waals surface area contributed by atoms with Crippen LogP contribution in [0.4, 0.5) is 17.1 Å². The Balaban J connectivity index is 0.959. The zero-order valence-electron chi connectivity index (χ0n) is 31.3. The van der Waals surface area contributed by atoms with Gasteiger partial charge < -0.3 is 18.3 Å². The first-order chi connectivity index (χ1) is 28.7. The Hall–Kier alpha value is -7.82. The molecule has 0 unspecified atom stereocenters. The molecule has 0 radical (unpaired) electrons. The maximum Gasteiger partial charge on any atom is 0.143 e. The molecule has 4 nitrogen and oxygen atoms in total. The van der Waals surface area contributed by atoms with E-state index in [4.69, 9.17) is 8.83 Å². The Labute approximate surface area is 334 Å². The van der Waals surface area contributed by atoms with Crippen molar-refractivity contribution < 1.29 is 8.83 Å². The first-order valence-electron chi connectivity index (χ1n) is 19.7. The van der Waals surface area contributed by atoms with Crippen LogP contribution in [-0.2, 0) is 0 Å². The van der Waals surface area contributed by atoms with Gasteiger partial charge >= 0.3 is 0 Å². The van der Waals surface area contributed by atoms with Gasteiger partial charge in [-0.25, -0.2) is 0 Å². The second-order valence-corrected chi connectivity index (χ2v) is 14.9. The Morgan fingerprint density at radius 3 is 1.67 bits per heavy atom. The standard InChI is InChI=1S/C54H34N2O2/c1-2-11-36(12-3-1)42-16-10-17-47-48-33-37(23-32-52(48)58-54(42)47)35-21-24-38(25-22-35)55(41-30-31-46-45-15-6-9-20-51(45)57-53(46)34-41)39-26-28-40(29-27-39)56-49-18-7-4-13-43(49)44-14-5-8-19-50(44)56/h1-34H. The zero-order chi connectivity index (χ0) is 38.2. The summed E-state index contributed by atoms with van der Waals surface area (Å²) in [5, 5.41) is 6.95. The van der Waals surface area contributed by atoms with Crippen molar-refractivity contribution >= 4 is 82.7 Å². The molecule has 0 amide bonds. The van der Waals surface area contributed by atoms with Crippen LogP contribution in [0.15, 0.2) is 215 Å². The minimum Gasteiger partial charge on any atom is -0.456 e. The van der Waals surface area contributed by atoms with E-state index >= 15 is 0 Å². The summed E-state index contributed by atoms with van der Waals surface area (Å²) in [5.74, 6) is 0. The van der Waals surface area contributed by atoms with E-state index < -0.39 is 0 Å². The Morgan fingerprint density at radius 1 is 0.328 bits per heavy atom. The van der Waals surface area contributed by atoms with Crippen LogP contribution in [0.25, 0.3) is 93.6 Å². The summed E-state index contributed by atoms with van der Waals surface area (Å²) in [5.41, 5.74) is 14.7. The van der Waals surface area contributed by atoms with Gasteiger partial charge in [0.15, 0.2) is 0 Å². The van der Waals surface area contributed by atoms with E-state index in [9.17, 15) is 0 Å². The van der Waals surface area contributed by atoms with Crippen molar-refractivity contribution in [1.29, 1.82) is 0 Å². The molecule has 9 aromatic carbocycles. The lowest BCUT2D eigenvalue weighted by Gasteiger charge is -2.26. The molecule has 0 atom stereocenters. The fraction of sp³-hybridized carbons (Fsp3) is 0. The number of furan rings is 2. The summed E-state index contributed by atoms with van der Waals surface area (Å²) >= 11 is 0. The average Bonchev–Trinajstić information content (AvgIpc) is 3.96. The van der Waals surface area contributed by atoms with Gasteiger partial charge in [-0.05, 0) is 95.6 Å². The average molecular weight is 743 g/mol.